The normalized spacial score (nSPS) is 10.9. The number of nitrogens with zero attached hydrogens (tertiary/aromatic N) is 3. The van der Waals surface area contributed by atoms with Crippen molar-refractivity contribution < 1.29 is 9.13 Å². The maximum Gasteiger partial charge on any atom is 0.219 e. The van der Waals surface area contributed by atoms with Crippen molar-refractivity contribution in [2.24, 2.45) is 4.99 Å². The van der Waals surface area contributed by atoms with Crippen molar-refractivity contribution in [2.75, 3.05) is 13.6 Å². The van der Waals surface area contributed by atoms with Crippen molar-refractivity contribution in [3.63, 3.8) is 0 Å². The van der Waals surface area contributed by atoms with Crippen LogP contribution < -0.4 is 15.4 Å². The number of aryl methyl sites for hydroxylation is 1. The molecule has 0 unspecified atom stereocenters. The van der Waals surface area contributed by atoms with E-state index in [1.54, 1.807) is 42.8 Å². The van der Waals surface area contributed by atoms with Crippen LogP contribution in [0.15, 0.2) is 53.0 Å². The molecule has 0 atom stereocenters. The first-order valence-electron chi connectivity index (χ1n) is 8.86. The second-order valence-corrected chi connectivity index (χ2v) is 7.08. The minimum Gasteiger partial charge on any atom is -0.439 e. The number of pyridine rings is 1. The summed E-state index contributed by atoms with van der Waals surface area (Å²) < 4.78 is 18.5. The molecule has 6 nitrogen and oxygen atoms in total. The van der Waals surface area contributed by atoms with Crippen LogP contribution in [-0.4, -0.2) is 29.5 Å². The van der Waals surface area contributed by atoms with Crippen LogP contribution in [0.3, 0.4) is 0 Å². The summed E-state index contributed by atoms with van der Waals surface area (Å²) in [6.45, 7) is 3.34. The zero-order valence-corrected chi connectivity index (χ0v) is 19.3. The first-order valence-corrected chi connectivity index (χ1v) is 9.74. The Morgan fingerprint density at radius 2 is 1.97 bits per heavy atom. The minimum absolute atomic E-state index is 0. The predicted octanol–water partition coefficient (Wildman–Crippen LogP) is 4.30. The lowest BCUT2D eigenvalue weighted by molar-refractivity contribution is 0.461. The topological polar surface area (TPSA) is 71.4 Å². The third-order valence-corrected chi connectivity index (χ3v) is 4.68. The number of guanidine groups is 1. The van der Waals surface area contributed by atoms with Crippen LogP contribution in [0.2, 0.25) is 0 Å². The number of aliphatic imine (C=N–C) groups is 1. The molecule has 0 spiro atoms. The number of hydrogen-bond donors (Lipinski definition) is 2. The summed E-state index contributed by atoms with van der Waals surface area (Å²) in [5, 5.41) is 9.68. The molecular weight excluding hydrogens is 504 g/mol. The first kappa shape index (κ1) is 23.0. The molecule has 3 aromatic rings. The molecule has 0 aliphatic carbocycles. The molecule has 29 heavy (non-hydrogen) atoms. The molecule has 0 saturated carbocycles. The van der Waals surface area contributed by atoms with Crippen LogP contribution >= 0.6 is 35.3 Å². The van der Waals surface area contributed by atoms with Crippen molar-refractivity contribution in [1.29, 1.82) is 0 Å². The van der Waals surface area contributed by atoms with Crippen molar-refractivity contribution in [1.82, 2.24) is 20.6 Å². The second kappa shape index (κ2) is 11.7. The van der Waals surface area contributed by atoms with E-state index in [0.29, 0.717) is 18.2 Å². The smallest absolute Gasteiger partial charge is 0.219 e. The number of nitrogens with one attached hydrogen (secondary N) is 2. The van der Waals surface area contributed by atoms with Gasteiger partial charge in [-0.3, -0.25) is 4.99 Å². The zero-order chi connectivity index (χ0) is 19.8. The molecule has 0 saturated heterocycles. The highest BCUT2D eigenvalue weighted by Crippen LogP contribution is 2.19. The second-order valence-electron chi connectivity index (χ2n) is 6.02. The van der Waals surface area contributed by atoms with Crippen molar-refractivity contribution >= 4 is 41.3 Å². The van der Waals surface area contributed by atoms with Gasteiger partial charge in [0.25, 0.3) is 0 Å². The Bertz CT molecular complexity index is 915. The number of thiazole rings is 1. The Morgan fingerprint density at radius 1 is 1.17 bits per heavy atom. The van der Waals surface area contributed by atoms with E-state index in [4.69, 9.17) is 4.74 Å². The Kier molecular flexibility index (Phi) is 9.26. The standard InChI is InChI=1S/C20H22FN5OS.HI/c1-14-26-17(13-28-14)9-10-23-20(22-2)25-12-15-3-8-19(24-11-15)27-18-6-4-16(21)5-7-18;/h3-8,11,13H,9-10,12H2,1-2H3,(H2,22,23,25);1H. The molecule has 1 aromatic carbocycles. The van der Waals surface area contributed by atoms with Gasteiger partial charge in [-0.2, -0.15) is 0 Å². The summed E-state index contributed by atoms with van der Waals surface area (Å²) in [6.07, 6.45) is 2.58. The number of ether oxygens (including phenoxy) is 1. The summed E-state index contributed by atoms with van der Waals surface area (Å²) in [4.78, 5) is 13.0. The van der Waals surface area contributed by atoms with E-state index in [-0.39, 0.29) is 29.8 Å². The predicted molar refractivity (Wildman–Crippen MR) is 125 cm³/mol. The van der Waals surface area contributed by atoms with E-state index in [0.717, 1.165) is 35.2 Å². The van der Waals surface area contributed by atoms with Crippen LogP contribution in [0.4, 0.5) is 4.39 Å². The number of benzene rings is 1. The van der Waals surface area contributed by atoms with Gasteiger partial charge in [0.15, 0.2) is 5.96 Å². The monoisotopic (exact) mass is 527 g/mol. The van der Waals surface area contributed by atoms with E-state index in [2.05, 4.69) is 31.0 Å². The lowest BCUT2D eigenvalue weighted by Gasteiger charge is -2.11. The van der Waals surface area contributed by atoms with Crippen LogP contribution in [0.25, 0.3) is 0 Å². The Labute approximate surface area is 190 Å². The Balaban J connectivity index is 0.00000300. The molecule has 2 aromatic heterocycles. The van der Waals surface area contributed by atoms with E-state index in [9.17, 15) is 4.39 Å². The van der Waals surface area contributed by atoms with E-state index < -0.39 is 0 Å². The molecule has 0 fully saturated rings. The molecule has 0 aliphatic heterocycles. The van der Waals surface area contributed by atoms with Gasteiger partial charge >= 0.3 is 0 Å². The summed E-state index contributed by atoms with van der Waals surface area (Å²) in [5.74, 6) is 1.42. The quantitative estimate of drug-likeness (QED) is 0.273. The van der Waals surface area contributed by atoms with E-state index in [1.807, 2.05) is 13.0 Å². The van der Waals surface area contributed by atoms with E-state index in [1.165, 1.54) is 12.1 Å². The average molecular weight is 527 g/mol. The number of aromatic nitrogens is 2. The maximum atomic E-state index is 12.9. The van der Waals surface area contributed by atoms with Gasteiger partial charge in [0.05, 0.1) is 10.7 Å². The first-order chi connectivity index (χ1) is 13.6. The Hall–Kier alpha value is -2.27. The number of hydrogen-bond acceptors (Lipinski definition) is 5. The number of rotatable bonds is 7. The van der Waals surface area contributed by atoms with Crippen molar-refractivity contribution in [3.8, 4) is 11.6 Å². The van der Waals surface area contributed by atoms with Crippen LogP contribution in [0, 0.1) is 12.7 Å². The summed E-state index contributed by atoms with van der Waals surface area (Å²) in [6, 6.07) is 9.53. The molecule has 0 radical (unpaired) electrons. The molecule has 0 bridgehead atoms. The van der Waals surface area contributed by atoms with E-state index >= 15 is 0 Å². The van der Waals surface area contributed by atoms with Gasteiger partial charge in [0.2, 0.25) is 5.88 Å². The van der Waals surface area contributed by atoms with Gasteiger partial charge in [-0.05, 0) is 36.8 Å². The molecule has 2 N–H and O–H groups in total. The third-order valence-electron chi connectivity index (χ3n) is 3.86. The lowest BCUT2D eigenvalue weighted by Crippen LogP contribution is -2.37. The lowest BCUT2D eigenvalue weighted by atomic mass is 10.3. The van der Waals surface area contributed by atoms with Gasteiger partial charge in [-0.25, -0.2) is 14.4 Å². The van der Waals surface area contributed by atoms with Gasteiger partial charge in [0, 0.05) is 44.2 Å². The minimum atomic E-state index is -0.301. The van der Waals surface area contributed by atoms with Gasteiger partial charge in [-0.1, -0.05) is 6.07 Å². The molecular formula is C20H23FIN5OS. The van der Waals surface area contributed by atoms with Crippen LogP contribution in [0.5, 0.6) is 11.6 Å². The molecule has 2 heterocycles. The maximum absolute atomic E-state index is 12.9. The molecule has 3 rings (SSSR count). The highest BCUT2D eigenvalue weighted by Gasteiger charge is 2.03. The van der Waals surface area contributed by atoms with Gasteiger partial charge < -0.3 is 15.4 Å². The molecule has 0 amide bonds. The highest BCUT2D eigenvalue weighted by atomic mass is 127. The van der Waals surface area contributed by atoms with Crippen molar-refractivity contribution in [3.05, 3.63) is 70.1 Å². The Morgan fingerprint density at radius 3 is 2.59 bits per heavy atom. The SMILES string of the molecule is CN=C(NCCc1csc(C)n1)NCc1ccc(Oc2ccc(F)cc2)nc1.I. The molecule has 0 aliphatic rings. The van der Waals surface area contributed by atoms with Crippen molar-refractivity contribution in [2.45, 2.75) is 19.9 Å². The zero-order valence-electron chi connectivity index (χ0n) is 16.2. The largest absolute Gasteiger partial charge is 0.439 e. The number of halogens is 2. The fourth-order valence-corrected chi connectivity index (χ4v) is 3.08. The van der Waals surface area contributed by atoms with Gasteiger partial charge in [-0.15, -0.1) is 35.3 Å². The molecule has 9 heteroatoms. The summed E-state index contributed by atoms with van der Waals surface area (Å²) in [7, 11) is 1.74. The summed E-state index contributed by atoms with van der Waals surface area (Å²) >= 11 is 1.66. The van der Waals surface area contributed by atoms with Crippen LogP contribution in [0.1, 0.15) is 16.3 Å². The third kappa shape index (κ3) is 7.58. The fraction of sp³-hybridized carbons (Fsp3) is 0.250. The molecule has 154 valence electrons. The summed E-state index contributed by atoms with van der Waals surface area (Å²) in [5.41, 5.74) is 2.08. The average Bonchev–Trinajstić information content (AvgIpc) is 3.12. The highest BCUT2D eigenvalue weighted by molar-refractivity contribution is 14.0. The fourth-order valence-electron chi connectivity index (χ4n) is 2.44. The van der Waals surface area contributed by atoms with Gasteiger partial charge in [0.1, 0.15) is 11.6 Å². The van der Waals surface area contributed by atoms with Crippen LogP contribution in [-0.2, 0) is 13.0 Å².